The van der Waals surface area contributed by atoms with Crippen LogP contribution >= 0.6 is 0 Å². The van der Waals surface area contributed by atoms with E-state index in [0.717, 1.165) is 36.4 Å². The molecule has 1 aromatic carbocycles. The average Bonchev–Trinajstić information content (AvgIpc) is 3.36. The highest BCUT2D eigenvalue weighted by atomic mass is 19.1. The summed E-state index contributed by atoms with van der Waals surface area (Å²) >= 11 is 0. The van der Waals surface area contributed by atoms with E-state index in [4.69, 9.17) is 0 Å². The lowest BCUT2D eigenvalue weighted by Crippen LogP contribution is -2.24. The number of pyridine rings is 1. The van der Waals surface area contributed by atoms with Crippen molar-refractivity contribution in [1.82, 2.24) is 20.1 Å². The van der Waals surface area contributed by atoms with Crippen LogP contribution in [0, 0.1) is 11.6 Å². The van der Waals surface area contributed by atoms with E-state index in [1.807, 2.05) is 28.9 Å². The van der Waals surface area contributed by atoms with Gasteiger partial charge in [-0.15, -0.1) is 0 Å². The standard InChI is InChI=1S/C21H20F2N4O/c22-14-8-9-17(18(23)11-14)21(28)25-13-15-12-20(19-7-3-4-10-24-19)27(26-15)16-5-1-2-6-16/h3-4,7-12,16H,1-2,5-6,13H2,(H,25,28). The number of hydrogen-bond donors (Lipinski definition) is 1. The monoisotopic (exact) mass is 382 g/mol. The highest BCUT2D eigenvalue weighted by Crippen LogP contribution is 2.33. The second kappa shape index (κ2) is 7.88. The van der Waals surface area contributed by atoms with Crippen molar-refractivity contribution in [3.63, 3.8) is 0 Å². The van der Waals surface area contributed by atoms with Gasteiger partial charge in [0.2, 0.25) is 0 Å². The number of nitrogens with one attached hydrogen (secondary N) is 1. The number of benzene rings is 1. The van der Waals surface area contributed by atoms with Crippen LogP contribution in [0.2, 0.25) is 0 Å². The van der Waals surface area contributed by atoms with Crippen LogP contribution in [0.15, 0.2) is 48.7 Å². The Bertz CT molecular complexity index is 981. The van der Waals surface area contributed by atoms with E-state index in [0.29, 0.717) is 17.8 Å². The highest BCUT2D eigenvalue weighted by molar-refractivity contribution is 5.94. The summed E-state index contributed by atoms with van der Waals surface area (Å²) in [5.74, 6) is -2.21. The molecule has 1 aliphatic carbocycles. The number of amides is 1. The Morgan fingerprint density at radius 2 is 1.96 bits per heavy atom. The lowest BCUT2D eigenvalue weighted by Gasteiger charge is -2.13. The molecule has 1 N–H and O–H groups in total. The Kier molecular flexibility index (Phi) is 5.14. The van der Waals surface area contributed by atoms with Crippen LogP contribution in [0.3, 0.4) is 0 Å². The summed E-state index contributed by atoms with van der Waals surface area (Å²) in [7, 11) is 0. The summed E-state index contributed by atoms with van der Waals surface area (Å²) in [6.45, 7) is 0.148. The Labute approximate surface area is 161 Å². The zero-order valence-electron chi connectivity index (χ0n) is 15.2. The first-order valence-corrected chi connectivity index (χ1v) is 9.35. The molecule has 0 spiro atoms. The van der Waals surface area contributed by atoms with Crippen LogP contribution in [-0.4, -0.2) is 20.7 Å². The van der Waals surface area contributed by atoms with E-state index in [1.54, 1.807) is 6.20 Å². The molecule has 1 amide bonds. The van der Waals surface area contributed by atoms with Crippen LogP contribution in [0.4, 0.5) is 8.78 Å². The molecule has 1 aliphatic rings. The maximum atomic E-state index is 13.8. The largest absolute Gasteiger partial charge is 0.346 e. The first-order valence-electron chi connectivity index (χ1n) is 9.35. The van der Waals surface area contributed by atoms with Gasteiger partial charge in [-0.25, -0.2) is 8.78 Å². The predicted molar refractivity (Wildman–Crippen MR) is 100 cm³/mol. The Balaban J connectivity index is 1.55. The van der Waals surface area contributed by atoms with Crippen molar-refractivity contribution in [2.24, 2.45) is 0 Å². The van der Waals surface area contributed by atoms with Gasteiger partial charge in [0.25, 0.3) is 5.91 Å². The quantitative estimate of drug-likeness (QED) is 0.717. The first kappa shape index (κ1) is 18.3. The second-order valence-electron chi connectivity index (χ2n) is 6.93. The third kappa shape index (κ3) is 3.78. The SMILES string of the molecule is O=C(NCc1cc(-c2ccccn2)n(C2CCCC2)n1)c1ccc(F)cc1F. The molecular weight excluding hydrogens is 362 g/mol. The van der Waals surface area contributed by atoms with Crippen molar-refractivity contribution in [3.05, 3.63) is 71.6 Å². The third-order valence-electron chi connectivity index (χ3n) is 4.99. The van der Waals surface area contributed by atoms with Gasteiger partial charge in [0.1, 0.15) is 11.6 Å². The van der Waals surface area contributed by atoms with Crippen molar-refractivity contribution in [1.29, 1.82) is 0 Å². The third-order valence-corrected chi connectivity index (χ3v) is 4.99. The van der Waals surface area contributed by atoms with Gasteiger partial charge in [-0.2, -0.15) is 5.10 Å². The van der Waals surface area contributed by atoms with Crippen molar-refractivity contribution in [3.8, 4) is 11.4 Å². The summed E-state index contributed by atoms with van der Waals surface area (Å²) < 4.78 is 28.8. The van der Waals surface area contributed by atoms with Crippen LogP contribution in [-0.2, 0) is 6.54 Å². The number of aromatic nitrogens is 3. The minimum absolute atomic E-state index is 0.148. The van der Waals surface area contributed by atoms with Crippen LogP contribution in [0.25, 0.3) is 11.4 Å². The van der Waals surface area contributed by atoms with Crippen molar-refractivity contribution < 1.29 is 13.6 Å². The van der Waals surface area contributed by atoms with Gasteiger partial charge in [0, 0.05) is 12.3 Å². The number of hydrogen-bond acceptors (Lipinski definition) is 3. The molecule has 0 bridgehead atoms. The summed E-state index contributed by atoms with van der Waals surface area (Å²) in [4.78, 5) is 16.7. The van der Waals surface area contributed by atoms with Crippen LogP contribution in [0.1, 0.15) is 47.8 Å². The van der Waals surface area contributed by atoms with Crippen LogP contribution in [0.5, 0.6) is 0 Å². The fraction of sp³-hybridized carbons (Fsp3) is 0.286. The molecule has 2 heterocycles. The smallest absolute Gasteiger partial charge is 0.254 e. The zero-order valence-corrected chi connectivity index (χ0v) is 15.2. The van der Waals surface area contributed by atoms with E-state index in [-0.39, 0.29) is 12.1 Å². The summed E-state index contributed by atoms with van der Waals surface area (Å²) in [5.41, 5.74) is 2.21. The van der Waals surface area contributed by atoms with Gasteiger partial charge >= 0.3 is 0 Å². The van der Waals surface area contributed by atoms with E-state index in [1.165, 1.54) is 12.8 Å². The number of rotatable bonds is 5. The molecule has 0 atom stereocenters. The van der Waals surface area contributed by atoms with Crippen molar-refractivity contribution >= 4 is 5.91 Å². The minimum Gasteiger partial charge on any atom is -0.346 e. The minimum atomic E-state index is -0.886. The molecule has 3 aromatic rings. The lowest BCUT2D eigenvalue weighted by molar-refractivity contribution is 0.0946. The Morgan fingerprint density at radius 1 is 1.14 bits per heavy atom. The van der Waals surface area contributed by atoms with Crippen LogP contribution < -0.4 is 5.32 Å². The number of carbonyl (C=O) groups excluding carboxylic acids is 1. The fourth-order valence-electron chi connectivity index (χ4n) is 3.60. The molecule has 0 saturated heterocycles. The predicted octanol–water partition coefficient (Wildman–Crippen LogP) is 4.27. The summed E-state index contributed by atoms with van der Waals surface area (Å²) in [6, 6.07) is 10.8. The molecule has 4 rings (SSSR count). The second-order valence-corrected chi connectivity index (χ2v) is 6.93. The van der Waals surface area contributed by atoms with Gasteiger partial charge in [0.05, 0.1) is 35.2 Å². The van der Waals surface area contributed by atoms with Gasteiger partial charge in [-0.3, -0.25) is 14.5 Å². The molecule has 2 aromatic heterocycles. The van der Waals surface area contributed by atoms with E-state index in [2.05, 4.69) is 15.4 Å². The summed E-state index contributed by atoms with van der Waals surface area (Å²) in [6.07, 6.45) is 6.20. The van der Waals surface area contributed by atoms with E-state index >= 15 is 0 Å². The first-order chi connectivity index (χ1) is 13.6. The normalized spacial score (nSPS) is 14.4. The van der Waals surface area contributed by atoms with Crippen molar-refractivity contribution in [2.75, 3.05) is 0 Å². The van der Waals surface area contributed by atoms with Gasteiger partial charge in [-0.1, -0.05) is 18.9 Å². The van der Waals surface area contributed by atoms with E-state index in [9.17, 15) is 13.6 Å². The maximum Gasteiger partial charge on any atom is 0.254 e. The Morgan fingerprint density at radius 3 is 2.68 bits per heavy atom. The topological polar surface area (TPSA) is 59.8 Å². The number of carbonyl (C=O) groups is 1. The van der Waals surface area contributed by atoms with E-state index < -0.39 is 17.5 Å². The van der Waals surface area contributed by atoms with Gasteiger partial charge < -0.3 is 5.32 Å². The molecule has 7 heteroatoms. The molecule has 0 radical (unpaired) electrons. The average molecular weight is 382 g/mol. The van der Waals surface area contributed by atoms with Crippen molar-refractivity contribution in [2.45, 2.75) is 38.3 Å². The molecule has 1 fully saturated rings. The molecule has 28 heavy (non-hydrogen) atoms. The zero-order chi connectivity index (χ0) is 19.5. The summed E-state index contributed by atoms with van der Waals surface area (Å²) in [5, 5.41) is 7.34. The molecule has 1 saturated carbocycles. The maximum absolute atomic E-state index is 13.8. The molecule has 0 aliphatic heterocycles. The molecular formula is C21H20F2N4O. The number of nitrogens with zero attached hydrogens (tertiary/aromatic N) is 3. The molecule has 5 nitrogen and oxygen atoms in total. The Hall–Kier alpha value is -3.09. The molecule has 0 unspecified atom stereocenters. The highest BCUT2D eigenvalue weighted by Gasteiger charge is 2.22. The number of halogens is 2. The lowest BCUT2D eigenvalue weighted by atomic mass is 10.2. The fourth-order valence-corrected chi connectivity index (χ4v) is 3.60. The van der Waals surface area contributed by atoms with Gasteiger partial charge in [0.15, 0.2) is 0 Å². The van der Waals surface area contributed by atoms with Gasteiger partial charge in [-0.05, 0) is 43.2 Å². The molecule has 144 valence electrons.